The molecule has 0 spiro atoms. The van der Waals surface area contributed by atoms with Crippen molar-refractivity contribution in [1.82, 2.24) is 15.5 Å². The summed E-state index contributed by atoms with van der Waals surface area (Å²) in [6, 6.07) is 8.34. The van der Waals surface area contributed by atoms with E-state index in [0.29, 0.717) is 19.4 Å². The van der Waals surface area contributed by atoms with Gasteiger partial charge in [-0.05, 0) is 24.8 Å². The van der Waals surface area contributed by atoms with Crippen LogP contribution in [0.1, 0.15) is 37.7 Å². The fourth-order valence-corrected chi connectivity index (χ4v) is 4.51. The second kappa shape index (κ2) is 7.09. The van der Waals surface area contributed by atoms with Gasteiger partial charge < -0.3 is 15.5 Å². The van der Waals surface area contributed by atoms with Crippen LogP contribution in [-0.2, 0) is 20.8 Å². The minimum atomic E-state index is -0.570. The van der Waals surface area contributed by atoms with Gasteiger partial charge in [0.2, 0.25) is 17.7 Å². The number of nitrogens with zero attached hydrogens (tertiary/aromatic N) is 1. The topological polar surface area (TPSA) is 78.5 Å². The number of hydrogen-bond acceptors (Lipinski definition) is 3. The van der Waals surface area contributed by atoms with Gasteiger partial charge >= 0.3 is 0 Å². The minimum Gasteiger partial charge on any atom is -0.350 e. The lowest BCUT2D eigenvalue weighted by atomic mass is 9.99. The van der Waals surface area contributed by atoms with Crippen LogP contribution in [0.5, 0.6) is 0 Å². The first-order valence-corrected chi connectivity index (χ1v) is 9.58. The van der Waals surface area contributed by atoms with Crippen molar-refractivity contribution in [3.63, 3.8) is 0 Å². The van der Waals surface area contributed by atoms with E-state index < -0.39 is 12.1 Å². The quantitative estimate of drug-likeness (QED) is 0.846. The molecule has 1 aromatic rings. The summed E-state index contributed by atoms with van der Waals surface area (Å²) in [4.78, 5) is 39.6. The maximum atomic E-state index is 12.8. The Morgan fingerprint density at radius 2 is 1.85 bits per heavy atom. The highest BCUT2D eigenvalue weighted by atomic mass is 16.2. The molecule has 0 radical (unpaired) electrons. The van der Waals surface area contributed by atoms with Gasteiger partial charge in [0.25, 0.3) is 0 Å². The lowest BCUT2D eigenvalue weighted by molar-refractivity contribution is -0.147. The van der Waals surface area contributed by atoms with E-state index in [4.69, 9.17) is 0 Å². The van der Waals surface area contributed by atoms with E-state index in [9.17, 15) is 14.4 Å². The number of piperazine rings is 1. The Morgan fingerprint density at radius 3 is 2.58 bits per heavy atom. The van der Waals surface area contributed by atoms with E-state index in [2.05, 4.69) is 10.6 Å². The first kappa shape index (κ1) is 17.1. The van der Waals surface area contributed by atoms with Crippen molar-refractivity contribution in [2.24, 2.45) is 5.92 Å². The van der Waals surface area contributed by atoms with Crippen molar-refractivity contribution in [2.75, 3.05) is 6.54 Å². The molecule has 138 valence electrons. The largest absolute Gasteiger partial charge is 0.350 e. The Hall–Kier alpha value is -2.37. The molecule has 2 heterocycles. The molecule has 6 heteroatoms. The molecule has 1 aromatic carbocycles. The van der Waals surface area contributed by atoms with Gasteiger partial charge in [0.15, 0.2) is 0 Å². The smallest absolute Gasteiger partial charge is 0.246 e. The van der Waals surface area contributed by atoms with Gasteiger partial charge in [0.05, 0.1) is 6.04 Å². The summed E-state index contributed by atoms with van der Waals surface area (Å²) in [5, 5.41) is 5.92. The zero-order chi connectivity index (χ0) is 18.1. The highest BCUT2D eigenvalue weighted by Gasteiger charge is 2.48. The van der Waals surface area contributed by atoms with E-state index in [1.165, 1.54) is 0 Å². The molecular weight excluding hydrogens is 330 g/mol. The molecule has 1 saturated carbocycles. The Morgan fingerprint density at radius 1 is 1.12 bits per heavy atom. The van der Waals surface area contributed by atoms with E-state index in [1.807, 2.05) is 30.3 Å². The van der Waals surface area contributed by atoms with E-state index in [1.54, 1.807) is 4.90 Å². The monoisotopic (exact) mass is 355 g/mol. The van der Waals surface area contributed by atoms with Gasteiger partial charge in [-0.25, -0.2) is 0 Å². The summed E-state index contributed by atoms with van der Waals surface area (Å²) >= 11 is 0. The molecule has 3 fully saturated rings. The molecule has 0 aromatic heterocycles. The van der Waals surface area contributed by atoms with Gasteiger partial charge in [-0.3, -0.25) is 14.4 Å². The molecule has 2 saturated heterocycles. The minimum absolute atomic E-state index is 0.0426. The highest BCUT2D eigenvalue weighted by Crippen LogP contribution is 2.27. The van der Waals surface area contributed by atoms with E-state index in [0.717, 1.165) is 31.2 Å². The molecule has 3 amide bonds. The number of hydrogen-bond donors (Lipinski definition) is 2. The van der Waals surface area contributed by atoms with E-state index >= 15 is 0 Å². The molecule has 3 aliphatic rings. The van der Waals surface area contributed by atoms with Crippen molar-refractivity contribution < 1.29 is 14.4 Å². The van der Waals surface area contributed by atoms with Crippen molar-refractivity contribution in [1.29, 1.82) is 0 Å². The van der Waals surface area contributed by atoms with Crippen LogP contribution in [0.2, 0.25) is 0 Å². The second-order valence-electron chi connectivity index (χ2n) is 7.61. The zero-order valence-corrected chi connectivity index (χ0v) is 14.8. The SMILES string of the molecule is O=C(NC1CCN2C(=O)C(Cc3ccccc3)NC(=O)C12)C1CCCC1. The van der Waals surface area contributed by atoms with E-state index in [-0.39, 0.29) is 29.7 Å². The van der Waals surface area contributed by atoms with Crippen molar-refractivity contribution in [3.8, 4) is 0 Å². The van der Waals surface area contributed by atoms with Crippen LogP contribution in [0.25, 0.3) is 0 Å². The summed E-state index contributed by atoms with van der Waals surface area (Å²) in [5.74, 6) is -0.0888. The normalized spacial score (nSPS) is 28.8. The van der Waals surface area contributed by atoms with Crippen LogP contribution in [0, 0.1) is 5.92 Å². The van der Waals surface area contributed by atoms with Gasteiger partial charge in [0.1, 0.15) is 12.1 Å². The second-order valence-corrected chi connectivity index (χ2v) is 7.61. The van der Waals surface area contributed by atoms with Crippen LogP contribution in [0.4, 0.5) is 0 Å². The average molecular weight is 355 g/mol. The van der Waals surface area contributed by atoms with Crippen LogP contribution in [-0.4, -0.2) is 47.3 Å². The predicted molar refractivity (Wildman–Crippen MR) is 96.1 cm³/mol. The summed E-state index contributed by atoms with van der Waals surface area (Å²) in [6.45, 7) is 0.526. The predicted octanol–water partition coefficient (Wildman–Crippen LogP) is 1.00. The molecule has 26 heavy (non-hydrogen) atoms. The van der Waals surface area contributed by atoms with Gasteiger partial charge in [-0.15, -0.1) is 0 Å². The number of amides is 3. The number of rotatable bonds is 4. The Kier molecular flexibility index (Phi) is 4.66. The van der Waals surface area contributed by atoms with Crippen LogP contribution < -0.4 is 10.6 Å². The molecule has 2 aliphatic heterocycles. The molecule has 4 rings (SSSR count). The first-order chi connectivity index (χ1) is 12.6. The molecule has 6 nitrogen and oxygen atoms in total. The zero-order valence-electron chi connectivity index (χ0n) is 14.8. The highest BCUT2D eigenvalue weighted by molar-refractivity contribution is 5.98. The van der Waals surface area contributed by atoms with Crippen LogP contribution in [0.15, 0.2) is 30.3 Å². The first-order valence-electron chi connectivity index (χ1n) is 9.58. The lowest BCUT2D eigenvalue weighted by Crippen LogP contribution is -2.65. The number of carbonyl (C=O) groups excluding carboxylic acids is 3. The number of fused-ring (bicyclic) bond motifs is 1. The summed E-state index contributed by atoms with van der Waals surface area (Å²) in [7, 11) is 0. The van der Waals surface area contributed by atoms with Gasteiger partial charge in [-0.2, -0.15) is 0 Å². The third-order valence-corrected chi connectivity index (χ3v) is 5.90. The molecule has 2 N–H and O–H groups in total. The Balaban J connectivity index is 1.42. The third-order valence-electron chi connectivity index (χ3n) is 5.90. The lowest BCUT2D eigenvalue weighted by Gasteiger charge is -2.36. The third kappa shape index (κ3) is 3.20. The van der Waals surface area contributed by atoms with Crippen molar-refractivity contribution in [2.45, 2.75) is 56.7 Å². The Labute approximate surface area is 153 Å². The molecule has 0 bridgehead atoms. The summed E-state index contributed by atoms with van der Waals surface area (Å²) in [6.07, 6.45) is 5.18. The summed E-state index contributed by atoms with van der Waals surface area (Å²) in [5.41, 5.74) is 1.02. The maximum Gasteiger partial charge on any atom is 0.246 e. The molecule has 1 aliphatic carbocycles. The van der Waals surface area contributed by atoms with Gasteiger partial charge in [-0.1, -0.05) is 43.2 Å². The maximum absolute atomic E-state index is 12.8. The average Bonchev–Trinajstić information content (AvgIpc) is 3.31. The Bertz CT molecular complexity index is 700. The molecular formula is C20H25N3O3. The van der Waals surface area contributed by atoms with Gasteiger partial charge in [0, 0.05) is 18.9 Å². The van der Waals surface area contributed by atoms with Crippen LogP contribution >= 0.6 is 0 Å². The molecule has 3 unspecified atom stereocenters. The summed E-state index contributed by atoms with van der Waals surface area (Å²) < 4.78 is 0. The van der Waals surface area contributed by atoms with Crippen LogP contribution in [0.3, 0.4) is 0 Å². The fraction of sp³-hybridized carbons (Fsp3) is 0.550. The molecule has 3 atom stereocenters. The van der Waals surface area contributed by atoms with Crippen molar-refractivity contribution >= 4 is 17.7 Å². The van der Waals surface area contributed by atoms with Crippen molar-refractivity contribution in [3.05, 3.63) is 35.9 Å². The standard InChI is InChI=1S/C20H25N3O3/c24-18(14-8-4-5-9-14)21-15-10-11-23-17(15)19(25)22-16(20(23)26)12-13-6-2-1-3-7-13/h1-3,6-7,14-17H,4-5,8-12H2,(H,21,24)(H,22,25). The number of nitrogens with one attached hydrogen (secondary N) is 2. The number of carbonyl (C=O) groups is 3. The fourth-order valence-electron chi connectivity index (χ4n) is 4.51. The number of benzene rings is 1.